The topological polar surface area (TPSA) is 40.6 Å². The van der Waals surface area contributed by atoms with E-state index in [9.17, 15) is 9.59 Å². The molecule has 4 nitrogen and oxygen atoms in total. The van der Waals surface area contributed by atoms with E-state index < -0.39 is 6.04 Å². The molecule has 1 aliphatic heterocycles. The molecule has 0 aromatic heterocycles. The van der Waals surface area contributed by atoms with Crippen LogP contribution in [-0.2, 0) is 4.79 Å². The molecule has 1 fully saturated rings. The zero-order chi connectivity index (χ0) is 17.3. The largest absolute Gasteiger partial charge is 0.325 e. The first kappa shape index (κ1) is 16.5. The number of amides is 2. The zero-order valence-corrected chi connectivity index (χ0v) is 14.5. The molecule has 24 heavy (non-hydrogen) atoms. The molecule has 0 bridgehead atoms. The van der Waals surface area contributed by atoms with E-state index in [1.165, 1.54) is 0 Å². The molecular formula is C19H19ClN2O2. The van der Waals surface area contributed by atoms with Crippen molar-refractivity contribution in [3.05, 3.63) is 64.7 Å². The number of aryl methyl sites for hydroxylation is 1. The van der Waals surface area contributed by atoms with Gasteiger partial charge in [0.25, 0.3) is 5.91 Å². The standard InChI is InChI=1S/C19H19ClN2O2/c1-13-5-3-8-17(11-13)22-10-9-21(14(2)18(22)23)19(24)15-6-4-7-16(20)12-15/h3-8,11-12,14H,9-10H2,1-2H3/t14-/m0/s1. The van der Waals surface area contributed by atoms with Gasteiger partial charge in [-0.15, -0.1) is 0 Å². The minimum atomic E-state index is -0.509. The highest BCUT2D eigenvalue weighted by molar-refractivity contribution is 6.31. The van der Waals surface area contributed by atoms with Crippen LogP contribution in [-0.4, -0.2) is 35.8 Å². The number of rotatable bonds is 2. The van der Waals surface area contributed by atoms with E-state index >= 15 is 0 Å². The van der Waals surface area contributed by atoms with Gasteiger partial charge in [-0.05, 0) is 49.7 Å². The molecule has 0 saturated carbocycles. The molecule has 1 atom stereocenters. The van der Waals surface area contributed by atoms with Gasteiger partial charge in [0.15, 0.2) is 0 Å². The van der Waals surface area contributed by atoms with E-state index in [0.717, 1.165) is 11.3 Å². The minimum Gasteiger partial charge on any atom is -0.325 e. The average molecular weight is 343 g/mol. The van der Waals surface area contributed by atoms with Gasteiger partial charge in [-0.1, -0.05) is 29.8 Å². The number of carbonyl (C=O) groups excluding carboxylic acids is 2. The van der Waals surface area contributed by atoms with Crippen LogP contribution in [0.15, 0.2) is 48.5 Å². The Morgan fingerprint density at radius 2 is 1.88 bits per heavy atom. The Bertz CT molecular complexity index is 790. The highest BCUT2D eigenvalue weighted by atomic mass is 35.5. The molecule has 3 rings (SSSR count). The lowest BCUT2D eigenvalue weighted by atomic mass is 10.1. The first-order valence-corrected chi connectivity index (χ1v) is 8.30. The van der Waals surface area contributed by atoms with Crippen LogP contribution in [0.1, 0.15) is 22.8 Å². The summed E-state index contributed by atoms with van der Waals surface area (Å²) in [6.07, 6.45) is 0. The fourth-order valence-corrected chi connectivity index (χ4v) is 3.18. The van der Waals surface area contributed by atoms with E-state index in [-0.39, 0.29) is 11.8 Å². The lowest BCUT2D eigenvalue weighted by molar-refractivity contribution is -0.124. The van der Waals surface area contributed by atoms with Crippen molar-refractivity contribution in [2.45, 2.75) is 19.9 Å². The third-order valence-corrected chi connectivity index (χ3v) is 4.54. The van der Waals surface area contributed by atoms with Gasteiger partial charge in [0, 0.05) is 29.4 Å². The van der Waals surface area contributed by atoms with Gasteiger partial charge < -0.3 is 9.80 Å². The predicted octanol–water partition coefficient (Wildman–Crippen LogP) is 3.53. The smallest absolute Gasteiger partial charge is 0.254 e. The molecule has 1 heterocycles. The molecule has 0 radical (unpaired) electrons. The molecule has 1 saturated heterocycles. The number of nitrogens with zero attached hydrogens (tertiary/aromatic N) is 2. The highest BCUT2D eigenvalue weighted by Crippen LogP contribution is 2.23. The van der Waals surface area contributed by atoms with E-state index in [0.29, 0.717) is 23.7 Å². The van der Waals surface area contributed by atoms with Crippen LogP contribution in [0.3, 0.4) is 0 Å². The Morgan fingerprint density at radius 1 is 1.12 bits per heavy atom. The molecule has 2 aromatic carbocycles. The molecule has 0 spiro atoms. The third-order valence-electron chi connectivity index (χ3n) is 4.30. The summed E-state index contributed by atoms with van der Waals surface area (Å²) in [7, 11) is 0. The van der Waals surface area contributed by atoms with E-state index in [1.807, 2.05) is 31.2 Å². The quantitative estimate of drug-likeness (QED) is 0.837. The van der Waals surface area contributed by atoms with Crippen molar-refractivity contribution in [2.75, 3.05) is 18.0 Å². The number of benzene rings is 2. The normalized spacial score (nSPS) is 18.0. The van der Waals surface area contributed by atoms with E-state index in [1.54, 1.807) is 41.0 Å². The summed E-state index contributed by atoms with van der Waals surface area (Å²) in [5.74, 6) is -0.232. The van der Waals surface area contributed by atoms with E-state index in [4.69, 9.17) is 11.6 Å². The SMILES string of the molecule is Cc1cccc(N2CCN(C(=O)c3cccc(Cl)c3)[C@@H](C)C2=O)c1. The Morgan fingerprint density at radius 3 is 2.58 bits per heavy atom. The summed E-state index contributed by atoms with van der Waals surface area (Å²) in [5.41, 5.74) is 2.48. The summed E-state index contributed by atoms with van der Waals surface area (Å²) in [6.45, 7) is 4.74. The van der Waals surface area contributed by atoms with Crippen LogP contribution in [0.4, 0.5) is 5.69 Å². The second-order valence-electron chi connectivity index (χ2n) is 6.01. The zero-order valence-electron chi connectivity index (χ0n) is 13.7. The Hall–Kier alpha value is -2.33. The van der Waals surface area contributed by atoms with Gasteiger partial charge in [-0.3, -0.25) is 9.59 Å². The number of halogens is 1. The lowest BCUT2D eigenvalue weighted by Crippen LogP contribution is -2.57. The van der Waals surface area contributed by atoms with Crippen molar-refractivity contribution >= 4 is 29.1 Å². The minimum absolute atomic E-state index is 0.0674. The molecule has 5 heteroatoms. The van der Waals surface area contributed by atoms with Gasteiger partial charge in [0.2, 0.25) is 5.91 Å². The van der Waals surface area contributed by atoms with Crippen molar-refractivity contribution in [1.82, 2.24) is 4.90 Å². The van der Waals surface area contributed by atoms with Gasteiger partial charge in [0.05, 0.1) is 0 Å². The fraction of sp³-hybridized carbons (Fsp3) is 0.263. The summed E-state index contributed by atoms with van der Waals surface area (Å²) < 4.78 is 0. The van der Waals surface area contributed by atoms with Crippen molar-refractivity contribution in [3.8, 4) is 0 Å². The van der Waals surface area contributed by atoms with Crippen LogP contribution < -0.4 is 4.90 Å². The maximum absolute atomic E-state index is 12.8. The highest BCUT2D eigenvalue weighted by Gasteiger charge is 2.35. The number of hydrogen-bond donors (Lipinski definition) is 0. The third kappa shape index (κ3) is 3.15. The molecule has 0 aliphatic carbocycles. The van der Waals surface area contributed by atoms with Gasteiger partial charge in [-0.2, -0.15) is 0 Å². The second-order valence-corrected chi connectivity index (χ2v) is 6.45. The molecule has 0 unspecified atom stereocenters. The van der Waals surface area contributed by atoms with E-state index in [2.05, 4.69) is 0 Å². The maximum atomic E-state index is 12.8. The second kappa shape index (κ2) is 6.65. The van der Waals surface area contributed by atoms with Gasteiger partial charge >= 0.3 is 0 Å². The first-order chi connectivity index (χ1) is 11.5. The lowest BCUT2D eigenvalue weighted by Gasteiger charge is -2.39. The Balaban J connectivity index is 1.81. The molecule has 2 amide bonds. The van der Waals surface area contributed by atoms with Crippen LogP contribution in [0.25, 0.3) is 0 Å². The van der Waals surface area contributed by atoms with Crippen molar-refractivity contribution in [2.24, 2.45) is 0 Å². The predicted molar refractivity (Wildman–Crippen MR) is 95.5 cm³/mol. The average Bonchev–Trinajstić information content (AvgIpc) is 2.56. The molecule has 124 valence electrons. The molecular weight excluding hydrogens is 324 g/mol. The summed E-state index contributed by atoms with van der Waals surface area (Å²) in [5, 5.41) is 0.512. The summed E-state index contributed by atoms with van der Waals surface area (Å²) in [4.78, 5) is 28.8. The summed E-state index contributed by atoms with van der Waals surface area (Å²) >= 11 is 5.97. The fourth-order valence-electron chi connectivity index (χ4n) is 2.99. The van der Waals surface area contributed by atoms with Crippen LogP contribution in [0, 0.1) is 6.92 Å². The number of hydrogen-bond acceptors (Lipinski definition) is 2. The number of piperazine rings is 1. The van der Waals surface area contributed by atoms with Crippen LogP contribution in [0.2, 0.25) is 5.02 Å². The molecule has 1 aliphatic rings. The van der Waals surface area contributed by atoms with Crippen molar-refractivity contribution < 1.29 is 9.59 Å². The van der Waals surface area contributed by atoms with Crippen LogP contribution >= 0.6 is 11.6 Å². The Kier molecular flexibility index (Phi) is 4.58. The number of anilines is 1. The first-order valence-electron chi connectivity index (χ1n) is 7.92. The van der Waals surface area contributed by atoms with Gasteiger partial charge in [0.1, 0.15) is 6.04 Å². The van der Waals surface area contributed by atoms with Crippen molar-refractivity contribution in [1.29, 1.82) is 0 Å². The molecule has 0 N–H and O–H groups in total. The molecule has 2 aromatic rings. The monoisotopic (exact) mass is 342 g/mol. The Labute approximate surface area is 146 Å². The maximum Gasteiger partial charge on any atom is 0.254 e. The van der Waals surface area contributed by atoms with Crippen molar-refractivity contribution in [3.63, 3.8) is 0 Å². The summed E-state index contributed by atoms with van der Waals surface area (Å²) in [6, 6.07) is 14.2. The van der Waals surface area contributed by atoms with Gasteiger partial charge in [-0.25, -0.2) is 0 Å². The van der Waals surface area contributed by atoms with Crippen LogP contribution in [0.5, 0.6) is 0 Å². The number of carbonyl (C=O) groups is 2.